The standard InChI is InChI=1S/C23H19BrF3N3O4S/c1-3-19-28-11-13(2)22(31)30(19)12-14-8-9-18-16(10-14)20(24)21(34-18)15-6-4-5-7-17(15)29-35(32,33)23(25,26)27/h4-11,29H,3,12H2,1-2H3. The lowest BCUT2D eigenvalue weighted by Gasteiger charge is -2.13. The van der Waals surface area contributed by atoms with Gasteiger partial charge in [0.25, 0.3) is 5.56 Å². The minimum absolute atomic E-state index is 0.123. The molecule has 4 aromatic rings. The number of hydrogen-bond donors (Lipinski definition) is 1. The molecule has 0 atom stereocenters. The number of benzene rings is 2. The minimum Gasteiger partial charge on any atom is -0.455 e. The molecule has 2 aromatic carbocycles. The number of anilines is 1. The Morgan fingerprint density at radius 2 is 1.89 bits per heavy atom. The molecule has 0 saturated heterocycles. The molecule has 0 spiro atoms. The molecule has 0 unspecified atom stereocenters. The maximum Gasteiger partial charge on any atom is 0.516 e. The molecule has 1 N–H and O–H groups in total. The lowest BCUT2D eigenvalue weighted by molar-refractivity contribution is -0.0429. The van der Waals surface area contributed by atoms with Crippen molar-refractivity contribution in [3.63, 3.8) is 0 Å². The zero-order valence-corrected chi connectivity index (χ0v) is 20.9. The molecule has 2 aromatic heterocycles. The molecule has 184 valence electrons. The van der Waals surface area contributed by atoms with Gasteiger partial charge in [-0.2, -0.15) is 21.6 Å². The highest BCUT2D eigenvalue weighted by molar-refractivity contribution is 9.10. The van der Waals surface area contributed by atoms with E-state index in [0.29, 0.717) is 33.3 Å². The third-order valence-electron chi connectivity index (χ3n) is 5.37. The van der Waals surface area contributed by atoms with E-state index in [-0.39, 0.29) is 29.1 Å². The van der Waals surface area contributed by atoms with Crippen LogP contribution < -0.4 is 10.3 Å². The summed E-state index contributed by atoms with van der Waals surface area (Å²) in [5.41, 5.74) is -4.05. The van der Waals surface area contributed by atoms with Crippen molar-refractivity contribution in [2.24, 2.45) is 0 Å². The van der Waals surface area contributed by atoms with Crippen LogP contribution in [0.4, 0.5) is 18.9 Å². The smallest absolute Gasteiger partial charge is 0.455 e. The van der Waals surface area contributed by atoms with Crippen LogP contribution in [-0.2, 0) is 23.0 Å². The Kier molecular flexibility index (Phi) is 6.54. The molecule has 0 fully saturated rings. The monoisotopic (exact) mass is 569 g/mol. The maximum absolute atomic E-state index is 12.9. The van der Waals surface area contributed by atoms with Gasteiger partial charge in [-0.25, -0.2) is 4.98 Å². The van der Waals surface area contributed by atoms with Crippen molar-refractivity contribution in [2.75, 3.05) is 4.72 Å². The summed E-state index contributed by atoms with van der Waals surface area (Å²) >= 11 is 3.44. The van der Waals surface area contributed by atoms with Gasteiger partial charge in [0.05, 0.1) is 16.7 Å². The number of aryl methyl sites for hydroxylation is 2. The van der Waals surface area contributed by atoms with E-state index < -0.39 is 15.5 Å². The molecule has 0 saturated carbocycles. The number of sulfonamides is 1. The van der Waals surface area contributed by atoms with Gasteiger partial charge in [0.15, 0.2) is 5.76 Å². The Hall–Kier alpha value is -3.12. The van der Waals surface area contributed by atoms with Crippen molar-refractivity contribution < 1.29 is 26.0 Å². The van der Waals surface area contributed by atoms with Crippen molar-refractivity contribution >= 4 is 42.6 Å². The molecular weight excluding hydrogens is 551 g/mol. The molecule has 7 nitrogen and oxygen atoms in total. The van der Waals surface area contributed by atoms with Crippen molar-refractivity contribution in [3.8, 4) is 11.3 Å². The number of nitrogens with one attached hydrogen (secondary N) is 1. The van der Waals surface area contributed by atoms with Crippen LogP contribution in [0.1, 0.15) is 23.9 Å². The van der Waals surface area contributed by atoms with E-state index in [9.17, 15) is 26.4 Å². The highest BCUT2D eigenvalue weighted by Gasteiger charge is 2.46. The fourth-order valence-electron chi connectivity index (χ4n) is 3.61. The van der Waals surface area contributed by atoms with Gasteiger partial charge in [0, 0.05) is 29.1 Å². The van der Waals surface area contributed by atoms with E-state index in [1.165, 1.54) is 18.2 Å². The lowest BCUT2D eigenvalue weighted by atomic mass is 10.1. The van der Waals surface area contributed by atoms with E-state index in [2.05, 4.69) is 20.9 Å². The quantitative estimate of drug-likeness (QED) is 0.326. The Bertz CT molecular complexity index is 1590. The van der Waals surface area contributed by atoms with E-state index >= 15 is 0 Å². The van der Waals surface area contributed by atoms with Gasteiger partial charge < -0.3 is 4.42 Å². The summed E-state index contributed by atoms with van der Waals surface area (Å²) in [6.45, 7) is 3.86. The minimum atomic E-state index is -5.63. The van der Waals surface area contributed by atoms with Crippen LogP contribution >= 0.6 is 15.9 Å². The summed E-state index contributed by atoms with van der Waals surface area (Å²) in [5, 5.41) is 0.609. The topological polar surface area (TPSA) is 94.2 Å². The maximum atomic E-state index is 12.9. The van der Waals surface area contributed by atoms with Gasteiger partial charge in [0.1, 0.15) is 11.4 Å². The SMILES string of the molecule is CCc1ncc(C)c(=O)n1Cc1ccc2oc(-c3ccccc3NS(=O)(=O)C(F)(F)F)c(Br)c2c1. The first-order valence-electron chi connectivity index (χ1n) is 10.4. The van der Waals surface area contributed by atoms with Crippen LogP contribution in [0.15, 0.2) is 62.3 Å². The van der Waals surface area contributed by atoms with Crippen LogP contribution in [0.5, 0.6) is 0 Å². The average Bonchev–Trinajstić information content (AvgIpc) is 3.12. The van der Waals surface area contributed by atoms with Crippen molar-refractivity contribution in [2.45, 2.75) is 32.3 Å². The van der Waals surface area contributed by atoms with Gasteiger partial charge in [-0.1, -0.05) is 25.1 Å². The molecule has 0 aliphatic rings. The summed E-state index contributed by atoms with van der Waals surface area (Å²) in [7, 11) is -5.63. The Balaban J connectivity index is 1.77. The van der Waals surface area contributed by atoms with Crippen LogP contribution in [-0.4, -0.2) is 23.5 Å². The number of fused-ring (bicyclic) bond motifs is 1. The molecule has 35 heavy (non-hydrogen) atoms. The van der Waals surface area contributed by atoms with Gasteiger partial charge in [-0.05, 0) is 52.7 Å². The molecule has 0 bridgehead atoms. The number of furan rings is 1. The first-order chi connectivity index (χ1) is 16.4. The Morgan fingerprint density at radius 3 is 2.57 bits per heavy atom. The van der Waals surface area contributed by atoms with Crippen LogP contribution in [0.3, 0.4) is 0 Å². The fourth-order valence-corrected chi connectivity index (χ4v) is 4.80. The molecule has 0 aliphatic heterocycles. The molecule has 12 heteroatoms. The fraction of sp³-hybridized carbons (Fsp3) is 0.217. The normalized spacial score (nSPS) is 12.3. The molecule has 4 rings (SSSR count). The van der Waals surface area contributed by atoms with Gasteiger partial charge in [-0.15, -0.1) is 0 Å². The number of nitrogens with zero attached hydrogens (tertiary/aromatic N) is 2. The van der Waals surface area contributed by atoms with E-state index in [1.54, 1.807) is 46.7 Å². The highest BCUT2D eigenvalue weighted by atomic mass is 79.9. The lowest BCUT2D eigenvalue weighted by Crippen LogP contribution is -2.30. The second-order valence-electron chi connectivity index (χ2n) is 7.77. The molecular formula is C23H19BrF3N3O4S. The van der Waals surface area contributed by atoms with E-state index in [4.69, 9.17) is 4.42 Å². The molecule has 0 radical (unpaired) electrons. The van der Waals surface area contributed by atoms with Gasteiger partial charge >= 0.3 is 15.5 Å². The van der Waals surface area contributed by atoms with Gasteiger partial charge in [-0.3, -0.25) is 14.1 Å². The van der Waals surface area contributed by atoms with E-state index in [1.807, 2.05) is 6.92 Å². The van der Waals surface area contributed by atoms with Crippen molar-refractivity contribution in [3.05, 3.63) is 80.4 Å². The largest absolute Gasteiger partial charge is 0.516 e. The van der Waals surface area contributed by atoms with Crippen molar-refractivity contribution in [1.29, 1.82) is 0 Å². The Labute approximate surface area is 206 Å². The predicted molar refractivity (Wildman–Crippen MR) is 130 cm³/mol. The van der Waals surface area contributed by atoms with Crippen LogP contribution in [0.25, 0.3) is 22.3 Å². The third kappa shape index (κ3) is 4.72. The first kappa shape index (κ1) is 25.0. The van der Waals surface area contributed by atoms with Crippen LogP contribution in [0.2, 0.25) is 0 Å². The van der Waals surface area contributed by atoms with Crippen LogP contribution in [0, 0.1) is 6.92 Å². The second kappa shape index (κ2) is 9.15. The predicted octanol–water partition coefficient (Wildman–Crippen LogP) is 5.60. The number of hydrogen-bond acceptors (Lipinski definition) is 5. The summed E-state index contributed by atoms with van der Waals surface area (Å²) in [5.74, 6) is 0.791. The second-order valence-corrected chi connectivity index (χ2v) is 10.2. The van der Waals surface area contributed by atoms with Gasteiger partial charge in [0.2, 0.25) is 0 Å². The first-order valence-corrected chi connectivity index (χ1v) is 12.6. The Morgan fingerprint density at radius 1 is 1.17 bits per heavy atom. The summed E-state index contributed by atoms with van der Waals surface area (Å²) in [6.07, 6.45) is 2.12. The number of para-hydroxylation sites is 1. The summed E-state index contributed by atoms with van der Waals surface area (Å²) in [6, 6.07) is 10.9. The molecule has 0 aliphatic carbocycles. The zero-order valence-electron chi connectivity index (χ0n) is 18.5. The molecule has 2 heterocycles. The number of alkyl halides is 3. The number of halogens is 4. The highest BCUT2D eigenvalue weighted by Crippen LogP contribution is 2.41. The third-order valence-corrected chi connectivity index (χ3v) is 7.26. The average molecular weight is 570 g/mol. The van der Waals surface area contributed by atoms with Crippen molar-refractivity contribution in [1.82, 2.24) is 9.55 Å². The molecule has 0 amide bonds. The zero-order chi connectivity index (χ0) is 25.5. The summed E-state index contributed by atoms with van der Waals surface area (Å²) in [4.78, 5) is 17.0. The summed E-state index contributed by atoms with van der Waals surface area (Å²) < 4.78 is 71.6. The number of rotatable bonds is 6. The van der Waals surface area contributed by atoms with E-state index in [0.717, 1.165) is 5.56 Å². The number of aromatic nitrogens is 2.